The van der Waals surface area contributed by atoms with Crippen molar-refractivity contribution in [3.63, 3.8) is 0 Å². The smallest absolute Gasteiger partial charge is 0.244 e. The van der Waals surface area contributed by atoms with Crippen molar-refractivity contribution in [1.29, 1.82) is 0 Å². The Morgan fingerprint density at radius 2 is 1.36 bits per heavy atom. The number of imide groups is 1. The van der Waals surface area contributed by atoms with Crippen LogP contribution in [0.4, 0.5) is 5.69 Å². The molecule has 1 saturated heterocycles. The molecule has 1 fully saturated rings. The topological polar surface area (TPSA) is 66.5 Å². The Hall–Kier alpha value is -2.67. The van der Waals surface area contributed by atoms with Gasteiger partial charge in [0.05, 0.1) is 11.8 Å². The molecule has 0 aromatic heterocycles. The molecule has 3 aliphatic carbocycles. The molecular formula is C28H21BrCl2N2O3. The molecule has 0 spiro atoms. The molecule has 2 atom stereocenters. The van der Waals surface area contributed by atoms with Gasteiger partial charge in [-0.3, -0.25) is 19.3 Å². The van der Waals surface area contributed by atoms with Crippen molar-refractivity contribution in [2.45, 2.75) is 23.1 Å². The van der Waals surface area contributed by atoms with Gasteiger partial charge in [-0.25, -0.2) is 0 Å². The number of hydrogen-bond acceptors (Lipinski definition) is 3. The molecule has 7 rings (SSSR count). The quantitative estimate of drug-likeness (QED) is 0.324. The predicted octanol–water partition coefficient (Wildman–Crippen LogP) is 5.54. The van der Waals surface area contributed by atoms with Crippen LogP contribution in [0.5, 0.6) is 0 Å². The predicted molar refractivity (Wildman–Crippen MR) is 142 cm³/mol. The summed E-state index contributed by atoms with van der Waals surface area (Å²) in [6, 6.07) is 20.5. The average molecular weight is 584 g/mol. The second-order valence-corrected chi connectivity index (χ2v) is 11.5. The Morgan fingerprint density at radius 1 is 0.889 bits per heavy atom. The third-order valence-electron chi connectivity index (χ3n) is 7.70. The van der Waals surface area contributed by atoms with Gasteiger partial charge in [-0.2, -0.15) is 0 Å². The molecule has 3 aromatic carbocycles. The standard InChI is InChI=1S/C28H21BrCl2N2O3/c1-2-15-13-16(29)11-12-21(15)32-22(34)14-33-25(35)23-24(26(33)36)28(31)18-8-4-3-7-17(18)27(23,30)19-9-5-6-10-20(19)28/h3-13,23-24H,2,14H2,1H3,(H,32,34)/t23-,24+,27?,28?. The van der Waals surface area contributed by atoms with E-state index < -0.39 is 45.9 Å². The van der Waals surface area contributed by atoms with E-state index >= 15 is 0 Å². The number of nitrogens with zero attached hydrogens (tertiary/aromatic N) is 1. The van der Waals surface area contributed by atoms with Crippen LogP contribution in [0.1, 0.15) is 34.7 Å². The number of carbonyl (C=O) groups is 3. The second-order valence-electron chi connectivity index (χ2n) is 9.44. The van der Waals surface area contributed by atoms with Crippen LogP contribution in [0.25, 0.3) is 0 Å². The minimum absolute atomic E-state index is 0.406. The molecule has 3 amide bonds. The molecule has 182 valence electrons. The third-order valence-corrected chi connectivity index (χ3v) is 9.48. The minimum Gasteiger partial charge on any atom is -0.324 e. The maximum atomic E-state index is 13.8. The zero-order valence-corrected chi connectivity index (χ0v) is 22.3. The first-order valence-electron chi connectivity index (χ1n) is 11.7. The lowest BCUT2D eigenvalue weighted by Gasteiger charge is -2.54. The Balaban J connectivity index is 1.40. The highest BCUT2D eigenvalue weighted by Gasteiger charge is 2.73. The monoisotopic (exact) mass is 582 g/mol. The zero-order valence-electron chi connectivity index (χ0n) is 19.2. The Morgan fingerprint density at radius 3 is 1.81 bits per heavy atom. The number of anilines is 1. The van der Waals surface area contributed by atoms with Crippen molar-refractivity contribution < 1.29 is 14.4 Å². The number of halogens is 3. The highest BCUT2D eigenvalue weighted by Crippen LogP contribution is 2.69. The van der Waals surface area contributed by atoms with Gasteiger partial charge in [0.2, 0.25) is 17.7 Å². The third kappa shape index (κ3) is 2.98. The van der Waals surface area contributed by atoms with E-state index in [1.807, 2.05) is 67.6 Å². The first kappa shape index (κ1) is 23.7. The van der Waals surface area contributed by atoms with Crippen LogP contribution in [0.3, 0.4) is 0 Å². The fraction of sp³-hybridized carbons (Fsp3) is 0.250. The van der Waals surface area contributed by atoms with E-state index in [2.05, 4.69) is 21.2 Å². The molecule has 1 N–H and O–H groups in total. The molecule has 1 aliphatic heterocycles. The number of nitrogens with one attached hydrogen (secondary N) is 1. The Bertz CT molecular complexity index is 1350. The van der Waals surface area contributed by atoms with Gasteiger partial charge in [0.1, 0.15) is 16.3 Å². The highest BCUT2D eigenvalue weighted by atomic mass is 79.9. The van der Waals surface area contributed by atoms with Crippen LogP contribution in [0.2, 0.25) is 0 Å². The maximum absolute atomic E-state index is 13.8. The number of likely N-dealkylation sites (tertiary alicyclic amines) is 1. The molecule has 0 unspecified atom stereocenters. The van der Waals surface area contributed by atoms with Gasteiger partial charge in [0.25, 0.3) is 0 Å². The van der Waals surface area contributed by atoms with E-state index in [1.54, 1.807) is 6.07 Å². The lowest BCUT2D eigenvalue weighted by Crippen LogP contribution is -2.57. The van der Waals surface area contributed by atoms with Crippen LogP contribution in [-0.4, -0.2) is 29.2 Å². The van der Waals surface area contributed by atoms with Crippen LogP contribution < -0.4 is 5.32 Å². The SMILES string of the molecule is CCc1cc(Br)ccc1NC(=O)CN1C(=O)[C@@H]2[C@H](C1=O)C1(Cl)c3ccccc3C2(Cl)c2ccccc21. The fourth-order valence-electron chi connectivity index (χ4n) is 6.19. The number of alkyl halides is 2. The number of hydrogen-bond donors (Lipinski definition) is 1. The summed E-state index contributed by atoms with van der Waals surface area (Å²) in [4.78, 5) is 39.3. The van der Waals surface area contributed by atoms with E-state index in [-0.39, 0.29) is 0 Å². The largest absolute Gasteiger partial charge is 0.324 e. The minimum atomic E-state index is -1.26. The van der Waals surface area contributed by atoms with Gasteiger partial charge in [-0.1, -0.05) is 71.4 Å². The molecule has 36 heavy (non-hydrogen) atoms. The molecule has 5 nitrogen and oxygen atoms in total. The summed E-state index contributed by atoms with van der Waals surface area (Å²) in [5.41, 5.74) is 4.51. The number of benzene rings is 3. The van der Waals surface area contributed by atoms with Crippen LogP contribution in [0.15, 0.2) is 71.2 Å². The van der Waals surface area contributed by atoms with Gasteiger partial charge >= 0.3 is 0 Å². The summed E-state index contributed by atoms with van der Waals surface area (Å²) in [5.74, 6) is -3.24. The van der Waals surface area contributed by atoms with E-state index in [0.717, 1.165) is 37.2 Å². The van der Waals surface area contributed by atoms with Gasteiger partial charge in [0.15, 0.2) is 0 Å². The molecule has 4 aliphatic rings. The summed E-state index contributed by atoms with van der Waals surface area (Å²) in [6.07, 6.45) is 0.709. The van der Waals surface area contributed by atoms with Gasteiger partial charge < -0.3 is 5.32 Å². The molecule has 0 radical (unpaired) electrons. The summed E-state index contributed by atoms with van der Waals surface area (Å²) in [5, 5.41) is 2.86. The summed E-state index contributed by atoms with van der Waals surface area (Å²) in [7, 11) is 0. The van der Waals surface area contributed by atoms with E-state index in [1.165, 1.54) is 0 Å². The first-order chi connectivity index (χ1) is 17.2. The van der Waals surface area contributed by atoms with Gasteiger partial charge in [0, 0.05) is 10.2 Å². The average Bonchev–Trinajstić information content (AvgIpc) is 3.14. The van der Waals surface area contributed by atoms with E-state index in [4.69, 9.17) is 23.2 Å². The van der Waals surface area contributed by atoms with Gasteiger partial charge in [-0.05, 0) is 52.4 Å². The van der Waals surface area contributed by atoms with Crippen molar-refractivity contribution in [2.24, 2.45) is 11.8 Å². The number of aryl methyl sites for hydroxylation is 1. The molecule has 2 bridgehead atoms. The van der Waals surface area contributed by atoms with Crippen LogP contribution in [-0.2, 0) is 30.6 Å². The molecule has 8 heteroatoms. The van der Waals surface area contributed by atoms with Crippen LogP contribution in [0, 0.1) is 11.8 Å². The lowest BCUT2D eigenvalue weighted by molar-refractivity contribution is -0.142. The molecule has 3 aromatic rings. The molecule has 0 saturated carbocycles. The van der Waals surface area contributed by atoms with Crippen molar-refractivity contribution in [2.75, 3.05) is 11.9 Å². The second kappa shape index (κ2) is 8.17. The number of rotatable bonds is 4. The highest BCUT2D eigenvalue weighted by molar-refractivity contribution is 9.10. The first-order valence-corrected chi connectivity index (χ1v) is 13.3. The Labute approximate surface area is 226 Å². The van der Waals surface area contributed by atoms with Crippen LogP contribution >= 0.6 is 39.1 Å². The maximum Gasteiger partial charge on any atom is 0.244 e. The molecule has 1 heterocycles. The lowest BCUT2D eigenvalue weighted by atomic mass is 9.54. The zero-order chi connectivity index (χ0) is 25.4. The summed E-state index contributed by atoms with van der Waals surface area (Å²) in [6.45, 7) is 1.58. The number of carbonyl (C=O) groups excluding carboxylic acids is 3. The summed E-state index contributed by atoms with van der Waals surface area (Å²) < 4.78 is 0.903. The van der Waals surface area contributed by atoms with Gasteiger partial charge in [-0.15, -0.1) is 23.2 Å². The summed E-state index contributed by atoms with van der Waals surface area (Å²) >= 11 is 18.3. The number of amides is 3. The molecular weight excluding hydrogens is 563 g/mol. The van der Waals surface area contributed by atoms with Crippen molar-refractivity contribution >= 4 is 62.5 Å². The van der Waals surface area contributed by atoms with Crippen molar-refractivity contribution in [3.8, 4) is 0 Å². The Kier molecular flexibility index (Phi) is 5.38. The van der Waals surface area contributed by atoms with E-state index in [0.29, 0.717) is 12.1 Å². The van der Waals surface area contributed by atoms with Crippen molar-refractivity contribution in [3.05, 3.63) is 99.0 Å². The fourth-order valence-corrected chi connectivity index (χ4v) is 7.70. The van der Waals surface area contributed by atoms with E-state index in [9.17, 15) is 14.4 Å². The normalized spacial score (nSPS) is 27.5. The van der Waals surface area contributed by atoms with Crippen molar-refractivity contribution in [1.82, 2.24) is 4.90 Å².